The van der Waals surface area contributed by atoms with E-state index in [0.29, 0.717) is 0 Å². The zero-order valence-electron chi connectivity index (χ0n) is 9.45. The maximum absolute atomic E-state index is 5.90. The van der Waals surface area contributed by atoms with Crippen molar-refractivity contribution in [1.29, 1.82) is 0 Å². The Bertz CT molecular complexity index is 619. The van der Waals surface area contributed by atoms with Crippen LogP contribution >= 0.6 is 11.3 Å². The van der Waals surface area contributed by atoms with Gasteiger partial charge in [-0.05, 0) is 6.92 Å². The number of imidazole rings is 2. The highest BCUT2D eigenvalue weighted by Gasteiger charge is 2.15. The van der Waals surface area contributed by atoms with Crippen molar-refractivity contribution in [3.63, 3.8) is 0 Å². The van der Waals surface area contributed by atoms with Gasteiger partial charge in [0.25, 0.3) is 0 Å². The molecule has 0 bridgehead atoms. The third-order valence-corrected chi connectivity index (χ3v) is 3.36. The molecule has 3 rings (SSSR count). The van der Waals surface area contributed by atoms with Crippen molar-refractivity contribution in [2.45, 2.75) is 19.4 Å². The highest BCUT2D eigenvalue weighted by molar-refractivity contribution is 7.15. The molecule has 0 fully saturated rings. The topological polar surface area (TPSA) is 61.1 Å². The number of rotatable bonds is 3. The molecule has 0 saturated carbocycles. The van der Waals surface area contributed by atoms with E-state index in [1.807, 2.05) is 29.3 Å². The number of nitrogens with two attached hydrogens (primary N) is 1. The molecule has 6 heteroatoms. The Morgan fingerprint density at radius 3 is 3.06 bits per heavy atom. The quantitative estimate of drug-likeness (QED) is 0.762. The standard InChI is InChI=1S/C11H13N5S/c1-8(12)6-9-10(15-3-2-13-7-15)14-11-16(9)4-5-17-11/h2-5,7-8H,6,12H2,1H3. The lowest BCUT2D eigenvalue weighted by Crippen LogP contribution is -2.19. The molecule has 0 radical (unpaired) electrons. The van der Waals surface area contributed by atoms with Crippen LogP contribution in [-0.2, 0) is 6.42 Å². The molecule has 5 nitrogen and oxygen atoms in total. The van der Waals surface area contributed by atoms with Crippen molar-refractivity contribution in [1.82, 2.24) is 18.9 Å². The van der Waals surface area contributed by atoms with E-state index in [0.717, 1.165) is 22.9 Å². The average molecular weight is 247 g/mol. The Balaban J connectivity index is 2.19. The van der Waals surface area contributed by atoms with Crippen molar-refractivity contribution < 1.29 is 0 Å². The monoisotopic (exact) mass is 247 g/mol. The molecule has 0 aliphatic carbocycles. The highest BCUT2D eigenvalue weighted by atomic mass is 32.1. The zero-order valence-corrected chi connectivity index (χ0v) is 10.3. The summed E-state index contributed by atoms with van der Waals surface area (Å²) in [6.45, 7) is 2.00. The van der Waals surface area contributed by atoms with Crippen LogP contribution in [0.15, 0.2) is 30.3 Å². The second-order valence-corrected chi connectivity index (χ2v) is 4.96. The number of fused-ring (bicyclic) bond motifs is 1. The van der Waals surface area contributed by atoms with Gasteiger partial charge in [0.15, 0.2) is 10.8 Å². The van der Waals surface area contributed by atoms with E-state index in [4.69, 9.17) is 5.73 Å². The molecule has 0 aromatic carbocycles. The number of thiazole rings is 1. The number of aromatic nitrogens is 4. The second-order valence-electron chi connectivity index (χ2n) is 4.09. The Morgan fingerprint density at radius 2 is 2.35 bits per heavy atom. The van der Waals surface area contributed by atoms with Gasteiger partial charge in [-0.2, -0.15) is 0 Å². The van der Waals surface area contributed by atoms with Gasteiger partial charge in [-0.3, -0.25) is 8.97 Å². The Morgan fingerprint density at radius 1 is 1.47 bits per heavy atom. The molecule has 1 atom stereocenters. The molecule has 0 amide bonds. The maximum Gasteiger partial charge on any atom is 0.195 e. The summed E-state index contributed by atoms with van der Waals surface area (Å²) in [6, 6.07) is 0.108. The first-order valence-corrected chi connectivity index (χ1v) is 6.32. The molecule has 0 saturated heterocycles. The van der Waals surface area contributed by atoms with Gasteiger partial charge in [0.1, 0.15) is 6.33 Å². The van der Waals surface area contributed by atoms with E-state index in [9.17, 15) is 0 Å². The van der Waals surface area contributed by atoms with Crippen LogP contribution in [0.4, 0.5) is 0 Å². The fraction of sp³-hybridized carbons (Fsp3) is 0.273. The third kappa shape index (κ3) is 1.75. The molecule has 3 heterocycles. The Hall–Kier alpha value is -1.66. The predicted octanol–water partition coefficient (Wildman–Crippen LogP) is 1.47. The van der Waals surface area contributed by atoms with Crippen LogP contribution in [0.25, 0.3) is 10.8 Å². The summed E-state index contributed by atoms with van der Waals surface area (Å²) >= 11 is 1.62. The molecule has 17 heavy (non-hydrogen) atoms. The summed E-state index contributed by atoms with van der Waals surface area (Å²) in [5.74, 6) is 0.923. The first-order valence-electron chi connectivity index (χ1n) is 5.44. The van der Waals surface area contributed by atoms with Gasteiger partial charge >= 0.3 is 0 Å². The van der Waals surface area contributed by atoms with Gasteiger partial charge in [0.05, 0.1) is 5.69 Å². The summed E-state index contributed by atoms with van der Waals surface area (Å²) in [5.41, 5.74) is 7.04. The Kier molecular flexibility index (Phi) is 2.45. The van der Waals surface area contributed by atoms with Crippen molar-refractivity contribution in [2.75, 3.05) is 0 Å². The Labute approximate surface area is 103 Å². The van der Waals surface area contributed by atoms with Gasteiger partial charge in [0, 0.05) is 36.4 Å². The number of hydrogen-bond donors (Lipinski definition) is 1. The number of nitrogens with zero attached hydrogens (tertiary/aromatic N) is 4. The summed E-state index contributed by atoms with van der Waals surface area (Å²) < 4.78 is 4.03. The molecule has 3 aromatic heterocycles. The van der Waals surface area contributed by atoms with E-state index >= 15 is 0 Å². The van der Waals surface area contributed by atoms with Crippen LogP contribution in [0, 0.1) is 0 Å². The van der Waals surface area contributed by atoms with E-state index in [1.165, 1.54) is 0 Å². The maximum atomic E-state index is 5.90. The van der Waals surface area contributed by atoms with Gasteiger partial charge in [-0.1, -0.05) is 0 Å². The lowest BCUT2D eigenvalue weighted by Gasteiger charge is -2.07. The molecule has 3 aromatic rings. The van der Waals surface area contributed by atoms with Gasteiger partial charge in [-0.25, -0.2) is 9.97 Å². The van der Waals surface area contributed by atoms with Crippen LogP contribution in [0.3, 0.4) is 0 Å². The van der Waals surface area contributed by atoms with Gasteiger partial charge < -0.3 is 5.73 Å². The molecule has 2 N–H and O–H groups in total. The van der Waals surface area contributed by atoms with E-state index in [-0.39, 0.29) is 6.04 Å². The normalized spacial score (nSPS) is 13.3. The average Bonchev–Trinajstić information content (AvgIpc) is 2.94. The van der Waals surface area contributed by atoms with Gasteiger partial charge in [0.2, 0.25) is 0 Å². The van der Waals surface area contributed by atoms with Crippen LogP contribution in [0.5, 0.6) is 0 Å². The van der Waals surface area contributed by atoms with Crippen LogP contribution in [0.1, 0.15) is 12.6 Å². The molecule has 0 aliphatic heterocycles. The molecule has 88 valence electrons. The first-order chi connectivity index (χ1) is 8.25. The van der Waals surface area contributed by atoms with Crippen molar-refractivity contribution in [2.24, 2.45) is 5.73 Å². The first kappa shape index (κ1) is 10.5. The largest absolute Gasteiger partial charge is 0.328 e. The lowest BCUT2D eigenvalue weighted by molar-refractivity contribution is 0.712. The van der Waals surface area contributed by atoms with Crippen LogP contribution < -0.4 is 5.73 Å². The summed E-state index contributed by atoms with van der Waals surface area (Å²) in [7, 11) is 0. The minimum absolute atomic E-state index is 0.108. The lowest BCUT2D eigenvalue weighted by atomic mass is 10.2. The van der Waals surface area contributed by atoms with E-state index in [2.05, 4.69) is 14.4 Å². The molecule has 0 spiro atoms. The highest BCUT2D eigenvalue weighted by Crippen LogP contribution is 2.21. The summed E-state index contributed by atoms with van der Waals surface area (Å²) in [5, 5.41) is 2.03. The molecular weight excluding hydrogens is 234 g/mol. The fourth-order valence-electron chi connectivity index (χ4n) is 1.91. The van der Waals surface area contributed by atoms with Crippen molar-refractivity contribution >= 4 is 16.3 Å². The zero-order chi connectivity index (χ0) is 11.8. The summed E-state index contributed by atoms with van der Waals surface area (Å²) in [6.07, 6.45) is 8.24. The second kappa shape index (κ2) is 3.97. The van der Waals surface area contributed by atoms with Crippen molar-refractivity contribution in [3.8, 4) is 5.82 Å². The van der Waals surface area contributed by atoms with Crippen molar-refractivity contribution in [3.05, 3.63) is 36.0 Å². The smallest absolute Gasteiger partial charge is 0.195 e. The molecule has 1 unspecified atom stereocenters. The third-order valence-electron chi connectivity index (χ3n) is 2.60. The minimum atomic E-state index is 0.108. The minimum Gasteiger partial charge on any atom is -0.328 e. The molecular formula is C11H13N5S. The van der Waals surface area contributed by atoms with Crippen LogP contribution in [0.2, 0.25) is 0 Å². The summed E-state index contributed by atoms with van der Waals surface area (Å²) in [4.78, 5) is 9.67. The van der Waals surface area contributed by atoms with Gasteiger partial charge in [-0.15, -0.1) is 11.3 Å². The number of hydrogen-bond acceptors (Lipinski definition) is 4. The SMILES string of the molecule is CC(N)Cc1c(-n2ccnc2)nc2sccn12. The van der Waals surface area contributed by atoms with Crippen LogP contribution in [-0.4, -0.2) is 25.0 Å². The predicted molar refractivity (Wildman–Crippen MR) is 67.5 cm³/mol. The molecule has 0 aliphatic rings. The van der Waals surface area contributed by atoms with E-state index in [1.54, 1.807) is 23.9 Å². The fourth-order valence-corrected chi connectivity index (χ4v) is 2.64. The van der Waals surface area contributed by atoms with E-state index < -0.39 is 0 Å².